The molecule has 1 aromatic heterocycles. The number of nitrogens with one attached hydrogen (secondary N) is 1. The van der Waals surface area contributed by atoms with Crippen molar-refractivity contribution in [3.8, 4) is 34.5 Å². The van der Waals surface area contributed by atoms with Crippen LogP contribution in [0.1, 0.15) is 29.7 Å². The quantitative estimate of drug-likeness (QED) is 0.544. The maximum Gasteiger partial charge on any atom is 0.220 e. The van der Waals surface area contributed by atoms with Crippen LogP contribution in [0, 0.1) is 11.3 Å². The van der Waals surface area contributed by atoms with Gasteiger partial charge in [-0.3, -0.25) is 4.79 Å². The number of aryl methyl sites for hydroxylation is 3. The fraction of sp³-hybridized carbons (Fsp3) is 0.308. The van der Waals surface area contributed by atoms with E-state index < -0.39 is 0 Å². The average molecular weight is 430 g/mol. The summed E-state index contributed by atoms with van der Waals surface area (Å²) >= 11 is 0. The van der Waals surface area contributed by atoms with Gasteiger partial charge in [0.1, 0.15) is 11.5 Å². The summed E-state index contributed by atoms with van der Waals surface area (Å²) in [6.45, 7) is 0.382. The molecule has 0 fully saturated rings. The number of hydrogen-bond donors (Lipinski definition) is 1. The first-order valence-corrected chi connectivity index (χ1v) is 10.8. The van der Waals surface area contributed by atoms with Crippen LogP contribution in [0.15, 0.2) is 48.5 Å². The van der Waals surface area contributed by atoms with Crippen molar-refractivity contribution in [1.82, 2.24) is 9.88 Å². The lowest BCUT2D eigenvalue weighted by molar-refractivity contribution is -0.121. The van der Waals surface area contributed by atoms with Crippen LogP contribution in [0.25, 0.3) is 16.9 Å². The van der Waals surface area contributed by atoms with Gasteiger partial charge < -0.3 is 19.4 Å². The van der Waals surface area contributed by atoms with E-state index in [0.29, 0.717) is 37.3 Å². The summed E-state index contributed by atoms with van der Waals surface area (Å²) < 4.78 is 13.3. The van der Waals surface area contributed by atoms with E-state index in [0.717, 1.165) is 24.2 Å². The Balaban J connectivity index is 1.78. The molecule has 1 amide bonds. The maximum absolute atomic E-state index is 12.3. The normalized spacial score (nSPS) is 11.8. The van der Waals surface area contributed by atoms with Crippen molar-refractivity contribution in [2.45, 2.75) is 32.1 Å². The molecule has 2 aromatic carbocycles. The van der Waals surface area contributed by atoms with Gasteiger partial charge in [0.25, 0.3) is 0 Å². The molecule has 0 spiro atoms. The highest BCUT2D eigenvalue weighted by atomic mass is 16.5. The largest absolute Gasteiger partial charge is 0.497 e. The second kappa shape index (κ2) is 9.61. The zero-order valence-corrected chi connectivity index (χ0v) is 18.5. The predicted molar refractivity (Wildman–Crippen MR) is 123 cm³/mol. The highest BCUT2D eigenvalue weighted by Crippen LogP contribution is 2.39. The lowest BCUT2D eigenvalue weighted by Crippen LogP contribution is -2.24. The van der Waals surface area contributed by atoms with Gasteiger partial charge in [0.2, 0.25) is 5.91 Å². The van der Waals surface area contributed by atoms with E-state index in [2.05, 4.69) is 40.2 Å². The summed E-state index contributed by atoms with van der Waals surface area (Å²) in [4.78, 5) is 12.3. The topological polar surface area (TPSA) is 76.3 Å². The van der Waals surface area contributed by atoms with E-state index in [9.17, 15) is 4.79 Å². The van der Waals surface area contributed by atoms with Crippen LogP contribution in [-0.4, -0.2) is 31.2 Å². The Hall–Kier alpha value is -3.72. The third-order valence-corrected chi connectivity index (χ3v) is 5.85. The molecule has 0 saturated heterocycles. The van der Waals surface area contributed by atoms with Gasteiger partial charge in [-0.15, -0.1) is 0 Å². The number of amides is 1. The summed E-state index contributed by atoms with van der Waals surface area (Å²) in [7, 11) is 3.29. The van der Waals surface area contributed by atoms with Crippen LogP contribution in [0.3, 0.4) is 0 Å². The van der Waals surface area contributed by atoms with Crippen molar-refractivity contribution < 1.29 is 14.3 Å². The van der Waals surface area contributed by atoms with Gasteiger partial charge >= 0.3 is 0 Å². The van der Waals surface area contributed by atoms with Gasteiger partial charge in [0, 0.05) is 42.4 Å². The number of hydrogen-bond acceptors (Lipinski definition) is 4. The molecule has 1 aliphatic carbocycles. The van der Waals surface area contributed by atoms with Gasteiger partial charge in [0.05, 0.1) is 38.1 Å². The first-order chi connectivity index (χ1) is 15.6. The number of methoxy groups -OCH3 is 2. The van der Waals surface area contributed by atoms with Crippen LogP contribution < -0.4 is 14.8 Å². The van der Waals surface area contributed by atoms with Crippen molar-refractivity contribution in [2.24, 2.45) is 0 Å². The van der Waals surface area contributed by atoms with E-state index in [1.54, 1.807) is 14.2 Å². The van der Waals surface area contributed by atoms with Gasteiger partial charge in [-0.25, -0.2) is 0 Å². The second-order valence-corrected chi connectivity index (χ2v) is 7.83. The van der Waals surface area contributed by atoms with Crippen LogP contribution in [0.2, 0.25) is 0 Å². The van der Waals surface area contributed by atoms with Gasteiger partial charge in [-0.05, 0) is 36.5 Å². The fourth-order valence-electron chi connectivity index (χ4n) is 4.33. The number of carbonyl (C=O) groups excluding carboxylic acids is 1. The van der Waals surface area contributed by atoms with Crippen molar-refractivity contribution in [3.63, 3.8) is 0 Å². The molecule has 32 heavy (non-hydrogen) atoms. The number of carbonyl (C=O) groups is 1. The van der Waals surface area contributed by atoms with Crippen LogP contribution in [-0.2, 0) is 24.1 Å². The lowest BCUT2D eigenvalue weighted by Gasteiger charge is -2.21. The standard InChI is InChI=1S/C26H27N3O3/c1-31-22-15-21(16-23(17-22)32-2)29-20(10-11-25(30)28-13-5-12-27)14-19-9-8-18-6-3-4-7-24(18)26(19)29/h3-4,6-7,14-17H,5,8-11,13H2,1-2H3,(H,28,30). The Kier molecular flexibility index (Phi) is 6.46. The second-order valence-electron chi connectivity index (χ2n) is 7.83. The lowest BCUT2D eigenvalue weighted by atomic mass is 9.90. The molecule has 0 bridgehead atoms. The van der Waals surface area contributed by atoms with Crippen molar-refractivity contribution in [3.05, 3.63) is 65.4 Å². The number of fused-ring (bicyclic) bond motifs is 3. The number of benzene rings is 2. The molecule has 0 saturated carbocycles. The van der Waals surface area contributed by atoms with Crippen LogP contribution in [0.5, 0.6) is 11.5 Å². The van der Waals surface area contributed by atoms with E-state index in [1.807, 2.05) is 24.3 Å². The molecule has 0 atom stereocenters. The van der Waals surface area contributed by atoms with Gasteiger partial charge in [-0.1, -0.05) is 24.3 Å². The van der Waals surface area contributed by atoms with Crippen molar-refractivity contribution in [1.29, 1.82) is 5.26 Å². The molecule has 3 aromatic rings. The van der Waals surface area contributed by atoms with E-state index in [4.69, 9.17) is 14.7 Å². The minimum absolute atomic E-state index is 0.0467. The Bertz CT molecular complexity index is 1150. The average Bonchev–Trinajstić information content (AvgIpc) is 3.21. The van der Waals surface area contributed by atoms with E-state index >= 15 is 0 Å². The summed E-state index contributed by atoms with van der Waals surface area (Å²) in [5.41, 5.74) is 7.01. The van der Waals surface area contributed by atoms with Crippen molar-refractivity contribution in [2.75, 3.05) is 20.8 Å². The molecule has 1 N–H and O–H groups in total. The molecule has 1 aliphatic rings. The zero-order chi connectivity index (χ0) is 22.5. The molecular weight excluding hydrogens is 402 g/mol. The Morgan fingerprint density at radius 2 is 1.78 bits per heavy atom. The number of aromatic nitrogens is 1. The number of rotatable bonds is 8. The summed E-state index contributed by atoms with van der Waals surface area (Å²) in [6.07, 6.45) is 3.23. The SMILES string of the molecule is COc1cc(OC)cc(-n2c(CCC(=O)NCCC#N)cc3c2-c2ccccc2CC3)c1. The van der Waals surface area contributed by atoms with Crippen molar-refractivity contribution >= 4 is 5.91 Å². The van der Waals surface area contributed by atoms with Crippen LogP contribution in [0.4, 0.5) is 0 Å². The van der Waals surface area contributed by atoms with Crippen LogP contribution >= 0.6 is 0 Å². The molecule has 0 unspecified atom stereocenters. The predicted octanol–water partition coefficient (Wildman–Crippen LogP) is 4.22. The first kappa shape index (κ1) is 21.5. The number of nitriles is 1. The van der Waals surface area contributed by atoms with Gasteiger partial charge in [-0.2, -0.15) is 5.26 Å². The molecule has 6 heteroatoms. The molecule has 1 heterocycles. The smallest absolute Gasteiger partial charge is 0.220 e. The third-order valence-electron chi connectivity index (χ3n) is 5.85. The Morgan fingerprint density at radius 3 is 2.50 bits per heavy atom. The monoisotopic (exact) mass is 429 g/mol. The summed E-state index contributed by atoms with van der Waals surface area (Å²) in [6, 6.07) is 18.6. The molecular formula is C26H27N3O3. The number of ether oxygens (including phenoxy) is 2. The van der Waals surface area contributed by atoms with E-state index in [1.165, 1.54) is 22.4 Å². The minimum Gasteiger partial charge on any atom is -0.497 e. The Labute approximate surface area is 188 Å². The number of nitrogens with zero attached hydrogens (tertiary/aromatic N) is 2. The maximum atomic E-state index is 12.3. The Morgan fingerprint density at radius 1 is 1.06 bits per heavy atom. The van der Waals surface area contributed by atoms with Gasteiger partial charge in [0.15, 0.2) is 0 Å². The minimum atomic E-state index is -0.0467. The summed E-state index contributed by atoms with van der Waals surface area (Å²) in [5.74, 6) is 1.38. The first-order valence-electron chi connectivity index (χ1n) is 10.8. The molecule has 164 valence electrons. The third kappa shape index (κ3) is 4.33. The molecule has 4 rings (SSSR count). The molecule has 6 nitrogen and oxygen atoms in total. The zero-order valence-electron chi connectivity index (χ0n) is 18.5. The molecule has 0 radical (unpaired) electrons. The van der Waals surface area contributed by atoms with E-state index in [-0.39, 0.29) is 5.91 Å². The highest BCUT2D eigenvalue weighted by molar-refractivity contribution is 5.77. The molecule has 0 aliphatic heterocycles. The highest BCUT2D eigenvalue weighted by Gasteiger charge is 2.24. The fourth-order valence-corrected chi connectivity index (χ4v) is 4.33. The summed E-state index contributed by atoms with van der Waals surface area (Å²) in [5, 5.41) is 11.5.